The van der Waals surface area contributed by atoms with Crippen molar-refractivity contribution in [2.24, 2.45) is 5.92 Å². The van der Waals surface area contributed by atoms with E-state index in [-0.39, 0.29) is 16.7 Å². The fraction of sp³-hybridized carbons (Fsp3) is 0.316. The molecule has 0 aliphatic carbocycles. The van der Waals surface area contributed by atoms with Crippen molar-refractivity contribution in [2.75, 3.05) is 0 Å². The van der Waals surface area contributed by atoms with Gasteiger partial charge in [-0.05, 0) is 55.2 Å². The van der Waals surface area contributed by atoms with E-state index in [1.54, 1.807) is 36.7 Å². The number of aromatic nitrogens is 3. The third kappa shape index (κ3) is 4.23. The molecule has 0 aliphatic heterocycles. The van der Waals surface area contributed by atoms with Crippen LogP contribution in [-0.4, -0.2) is 23.5 Å². The van der Waals surface area contributed by atoms with Crippen LogP contribution in [0.1, 0.15) is 36.9 Å². The van der Waals surface area contributed by atoms with Gasteiger partial charge in [0.15, 0.2) is 0 Å². The monoisotopic (exact) mass is 386 g/mol. The molecule has 0 bridgehead atoms. The Morgan fingerprint density at radius 2 is 1.89 bits per heavy atom. The van der Waals surface area contributed by atoms with Crippen molar-refractivity contribution < 1.29 is 12.9 Å². The average molecular weight is 386 g/mol. The lowest BCUT2D eigenvalue weighted by molar-refractivity contribution is 0.311. The maximum Gasteiger partial charge on any atom is 0.245 e. The standard InChI is InChI=1S/C19H22N4O3S/c1-12(2)17(19-21-18(22-26-19)15-6-5-9-20-11-15)23-27(24,25)16-8-7-13(3)14(4)10-16/h5-12,17,23H,1-4H3/t17-/m0/s1. The number of pyridine rings is 1. The largest absolute Gasteiger partial charge is 0.337 e. The quantitative estimate of drug-likeness (QED) is 0.697. The van der Waals surface area contributed by atoms with Gasteiger partial charge in [0, 0.05) is 18.0 Å². The van der Waals surface area contributed by atoms with E-state index in [1.165, 1.54) is 0 Å². The van der Waals surface area contributed by atoms with Gasteiger partial charge in [0.25, 0.3) is 0 Å². The molecule has 1 aromatic carbocycles. The first-order chi connectivity index (χ1) is 12.8. The van der Waals surface area contributed by atoms with E-state index < -0.39 is 16.1 Å². The maximum absolute atomic E-state index is 12.8. The van der Waals surface area contributed by atoms with E-state index in [1.807, 2.05) is 33.8 Å². The van der Waals surface area contributed by atoms with Gasteiger partial charge in [0.05, 0.1) is 4.90 Å². The van der Waals surface area contributed by atoms with Crippen molar-refractivity contribution in [3.05, 3.63) is 59.7 Å². The Bertz CT molecular complexity index is 1030. The number of aryl methyl sites for hydroxylation is 2. The lowest BCUT2D eigenvalue weighted by atomic mass is 10.1. The molecule has 0 spiro atoms. The lowest BCUT2D eigenvalue weighted by Crippen LogP contribution is -2.32. The van der Waals surface area contributed by atoms with Gasteiger partial charge in [-0.25, -0.2) is 8.42 Å². The van der Waals surface area contributed by atoms with Crippen LogP contribution in [0, 0.1) is 19.8 Å². The zero-order chi connectivity index (χ0) is 19.6. The minimum absolute atomic E-state index is 0.0893. The van der Waals surface area contributed by atoms with Crippen LogP contribution in [0.2, 0.25) is 0 Å². The Morgan fingerprint density at radius 3 is 2.52 bits per heavy atom. The van der Waals surface area contributed by atoms with Crippen LogP contribution in [0.15, 0.2) is 52.1 Å². The molecule has 142 valence electrons. The Balaban J connectivity index is 1.90. The number of hydrogen-bond acceptors (Lipinski definition) is 6. The average Bonchev–Trinajstić information content (AvgIpc) is 3.12. The first kappa shape index (κ1) is 19.2. The molecule has 2 aromatic heterocycles. The van der Waals surface area contributed by atoms with E-state index in [0.717, 1.165) is 11.1 Å². The SMILES string of the molecule is Cc1ccc(S(=O)(=O)N[C@H](c2nc(-c3cccnc3)no2)C(C)C)cc1C. The van der Waals surface area contributed by atoms with Crippen LogP contribution in [0.5, 0.6) is 0 Å². The minimum atomic E-state index is -3.74. The highest BCUT2D eigenvalue weighted by Gasteiger charge is 2.29. The van der Waals surface area contributed by atoms with Crippen LogP contribution in [0.25, 0.3) is 11.4 Å². The van der Waals surface area contributed by atoms with E-state index >= 15 is 0 Å². The zero-order valence-corrected chi connectivity index (χ0v) is 16.5. The van der Waals surface area contributed by atoms with Crippen molar-refractivity contribution in [2.45, 2.75) is 38.6 Å². The smallest absolute Gasteiger partial charge is 0.245 e. The van der Waals surface area contributed by atoms with Gasteiger partial charge >= 0.3 is 0 Å². The summed E-state index contributed by atoms with van der Waals surface area (Å²) >= 11 is 0. The number of rotatable bonds is 6. The first-order valence-corrected chi connectivity index (χ1v) is 10.1. The summed E-state index contributed by atoms with van der Waals surface area (Å²) in [5.41, 5.74) is 2.65. The number of benzene rings is 1. The van der Waals surface area contributed by atoms with Crippen molar-refractivity contribution in [1.29, 1.82) is 0 Å². The van der Waals surface area contributed by atoms with E-state index in [0.29, 0.717) is 11.4 Å². The number of hydrogen-bond donors (Lipinski definition) is 1. The summed E-state index contributed by atoms with van der Waals surface area (Å²) in [5, 5.41) is 3.96. The highest BCUT2D eigenvalue weighted by atomic mass is 32.2. The van der Waals surface area contributed by atoms with Crippen LogP contribution in [-0.2, 0) is 10.0 Å². The second-order valence-corrected chi connectivity index (χ2v) is 8.50. The molecule has 0 unspecified atom stereocenters. The lowest BCUT2D eigenvalue weighted by Gasteiger charge is -2.19. The highest BCUT2D eigenvalue weighted by molar-refractivity contribution is 7.89. The summed E-state index contributed by atoms with van der Waals surface area (Å²) in [6.07, 6.45) is 3.28. The molecule has 1 N–H and O–H groups in total. The van der Waals surface area contributed by atoms with Crippen molar-refractivity contribution >= 4 is 10.0 Å². The molecular formula is C19H22N4O3S. The molecule has 3 rings (SSSR count). The number of nitrogens with one attached hydrogen (secondary N) is 1. The van der Waals surface area contributed by atoms with Crippen LogP contribution in [0.3, 0.4) is 0 Å². The molecule has 0 saturated carbocycles. The highest BCUT2D eigenvalue weighted by Crippen LogP contribution is 2.26. The van der Waals surface area contributed by atoms with Crippen molar-refractivity contribution in [3.8, 4) is 11.4 Å². The molecule has 0 amide bonds. The Kier molecular flexibility index (Phi) is 5.38. The molecule has 2 heterocycles. The Hall–Kier alpha value is -2.58. The molecule has 0 aliphatic rings. The summed E-state index contributed by atoms with van der Waals surface area (Å²) < 4.78 is 33.7. The summed E-state index contributed by atoms with van der Waals surface area (Å²) in [6.45, 7) is 7.60. The minimum Gasteiger partial charge on any atom is -0.337 e. The van der Waals surface area contributed by atoms with E-state index in [9.17, 15) is 8.42 Å². The number of sulfonamides is 1. The van der Waals surface area contributed by atoms with Crippen molar-refractivity contribution in [3.63, 3.8) is 0 Å². The molecule has 0 radical (unpaired) electrons. The predicted octanol–water partition coefficient (Wildman–Crippen LogP) is 3.42. The molecule has 7 nitrogen and oxygen atoms in total. The summed E-state index contributed by atoms with van der Waals surface area (Å²) in [7, 11) is -3.74. The van der Waals surface area contributed by atoms with Gasteiger partial charge in [-0.2, -0.15) is 9.71 Å². The Labute approximate surface area is 158 Å². The first-order valence-electron chi connectivity index (χ1n) is 8.61. The second kappa shape index (κ2) is 7.58. The van der Waals surface area contributed by atoms with Crippen molar-refractivity contribution in [1.82, 2.24) is 19.8 Å². The van der Waals surface area contributed by atoms with Crippen LogP contribution < -0.4 is 4.72 Å². The molecule has 0 fully saturated rings. The summed E-state index contributed by atoms with van der Waals surface area (Å²) in [5.74, 6) is 0.499. The molecule has 0 saturated heterocycles. The van der Waals surface area contributed by atoms with Gasteiger partial charge in [-0.15, -0.1) is 0 Å². The fourth-order valence-electron chi connectivity index (χ4n) is 2.56. The van der Waals surface area contributed by atoms with Gasteiger partial charge in [-0.1, -0.05) is 25.1 Å². The maximum atomic E-state index is 12.8. The topological polar surface area (TPSA) is 98.0 Å². The van der Waals surface area contributed by atoms with Gasteiger partial charge in [0.1, 0.15) is 6.04 Å². The second-order valence-electron chi connectivity index (χ2n) is 6.79. The molecule has 1 atom stereocenters. The van der Waals surface area contributed by atoms with Gasteiger partial charge in [0.2, 0.25) is 21.7 Å². The van der Waals surface area contributed by atoms with Crippen LogP contribution >= 0.6 is 0 Å². The van der Waals surface area contributed by atoms with E-state index in [4.69, 9.17) is 4.52 Å². The molecule has 3 aromatic rings. The normalized spacial score (nSPS) is 13.1. The zero-order valence-electron chi connectivity index (χ0n) is 15.7. The summed E-state index contributed by atoms with van der Waals surface area (Å²) in [6, 6.07) is 7.98. The third-order valence-electron chi connectivity index (χ3n) is 4.36. The third-order valence-corrected chi connectivity index (χ3v) is 5.80. The van der Waals surface area contributed by atoms with E-state index in [2.05, 4.69) is 19.8 Å². The molecule has 27 heavy (non-hydrogen) atoms. The molecular weight excluding hydrogens is 364 g/mol. The summed E-state index contributed by atoms with van der Waals surface area (Å²) in [4.78, 5) is 8.61. The molecule has 8 heteroatoms. The Morgan fingerprint density at radius 1 is 1.11 bits per heavy atom. The van der Waals surface area contributed by atoms with Crippen LogP contribution in [0.4, 0.5) is 0 Å². The predicted molar refractivity (Wildman–Crippen MR) is 101 cm³/mol. The number of nitrogens with zero attached hydrogens (tertiary/aromatic N) is 3. The van der Waals surface area contributed by atoms with Gasteiger partial charge < -0.3 is 4.52 Å². The van der Waals surface area contributed by atoms with Gasteiger partial charge in [-0.3, -0.25) is 4.98 Å². The fourth-order valence-corrected chi connectivity index (χ4v) is 3.98.